The maximum atomic E-state index is 10.6. The molecule has 64 valence electrons. The van der Waals surface area contributed by atoms with Crippen LogP contribution in [0.4, 0.5) is 0 Å². The van der Waals surface area contributed by atoms with Crippen LogP contribution in [0, 0.1) is 0 Å². The van der Waals surface area contributed by atoms with Gasteiger partial charge in [-0.2, -0.15) is 0 Å². The maximum Gasteiger partial charge on any atom is 0.331 e. The Labute approximate surface area is 69.3 Å². The Morgan fingerprint density at radius 3 is 2.50 bits per heavy atom. The van der Waals surface area contributed by atoms with E-state index in [0.29, 0.717) is 0 Å². The van der Waals surface area contributed by atoms with Crippen molar-refractivity contribution < 1.29 is 9.90 Å². The molecule has 1 rings (SSSR count). The molecule has 0 aliphatic carbocycles. The summed E-state index contributed by atoms with van der Waals surface area (Å²) in [6.07, 6.45) is 2.91. The third kappa shape index (κ3) is 1.40. The van der Waals surface area contributed by atoms with E-state index in [2.05, 4.69) is 9.97 Å². The molecule has 0 saturated carbocycles. The molecule has 12 heavy (non-hydrogen) atoms. The normalized spacial score (nSPS) is 15.2. The largest absolute Gasteiger partial charge is 0.480 e. The molecule has 0 amide bonds. The van der Waals surface area contributed by atoms with Crippen LogP contribution in [-0.4, -0.2) is 21.0 Å². The second-order valence-corrected chi connectivity index (χ2v) is 2.58. The van der Waals surface area contributed by atoms with Crippen LogP contribution in [0.2, 0.25) is 0 Å². The van der Waals surface area contributed by atoms with E-state index in [9.17, 15) is 4.79 Å². The highest BCUT2D eigenvalue weighted by molar-refractivity contribution is 5.78. The Morgan fingerprint density at radius 1 is 1.58 bits per heavy atom. The number of carbonyl (C=O) groups is 1. The van der Waals surface area contributed by atoms with Crippen molar-refractivity contribution >= 4 is 5.97 Å². The van der Waals surface area contributed by atoms with E-state index in [1.54, 1.807) is 6.07 Å². The topological polar surface area (TPSA) is 89.1 Å². The molecule has 3 N–H and O–H groups in total. The van der Waals surface area contributed by atoms with E-state index in [1.807, 2.05) is 0 Å². The van der Waals surface area contributed by atoms with Crippen molar-refractivity contribution in [3.63, 3.8) is 0 Å². The minimum Gasteiger partial charge on any atom is -0.480 e. The third-order valence-corrected chi connectivity index (χ3v) is 1.47. The number of rotatable bonds is 2. The summed E-state index contributed by atoms with van der Waals surface area (Å²) in [5, 5.41) is 8.69. The predicted molar refractivity (Wildman–Crippen MR) is 41.2 cm³/mol. The van der Waals surface area contributed by atoms with Gasteiger partial charge in [0.25, 0.3) is 0 Å². The molecule has 0 unspecified atom stereocenters. The lowest BCUT2D eigenvalue weighted by molar-refractivity contribution is -0.143. The monoisotopic (exact) mass is 167 g/mol. The van der Waals surface area contributed by atoms with Crippen molar-refractivity contribution in [2.75, 3.05) is 0 Å². The highest BCUT2D eigenvalue weighted by Gasteiger charge is 2.32. The molecule has 0 fully saturated rings. The van der Waals surface area contributed by atoms with Gasteiger partial charge in [0.1, 0.15) is 0 Å². The lowest BCUT2D eigenvalue weighted by Gasteiger charge is -2.16. The van der Waals surface area contributed by atoms with Gasteiger partial charge < -0.3 is 10.8 Å². The molecular weight excluding hydrogens is 158 g/mol. The molecular formula is C7H9N3O2. The van der Waals surface area contributed by atoms with Crippen LogP contribution in [0.3, 0.4) is 0 Å². The summed E-state index contributed by atoms with van der Waals surface area (Å²) in [5.74, 6) is -1.04. The zero-order chi connectivity index (χ0) is 9.19. The molecule has 0 saturated heterocycles. The summed E-state index contributed by atoms with van der Waals surface area (Å²) in [4.78, 5) is 18.1. The van der Waals surface area contributed by atoms with Crippen molar-refractivity contribution in [2.24, 2.45) is 5.73 Å². The first kappa shape index (κ1) is 8.61. The second kappa shape index (κ2) is 2.86. The highest BCUT2D eigenvalue weighted by atomic mass is 16.4. The minimum atomic E-state index is -1.51. The quantitative estimate of drug-likeness (QED) is 0.633. The Morgan fingerprint density at radius 2 is 2.08 bits per heavy atom. The van der Waals surface area contributed by atoms with Gasteiger partial charge in [-0.25, -0.2) is 14.8 Å². The van der Waals surface area contributed by atoms with Crippen LogP contribution in [0.1, 0.15) is 12.7 Å². The lowest BCUT2D eigenvalue weighted by atomic mass is 10.0. The van der Waals surface area contributed by atoms with Crippen LogP contribution in [0.5, 0.6) is 0 Å². The number of carboxylic acids is 1. The molecule has 0 aromatic carbocycles. The number of aliphatic carboxylic acids is 1. The van der Waals surface area contributed by atoms with Gasteiger partial charge in [0, 0.05) is 12.4 Å². The van der Waals surface area contributed by atoms with Gasteiger partial charge >= 0.3 is 5.97 Å². The molecule has 1 heterocycles. The fourth-order valence-electron chi connectivity index (χ4n) is 0.663. The van der Waals surface area contributed by atoms with E-state index in [4.69, 9.17) is 10.8 Å². The van der Waals surface area contributed by atoms with Gasteiger partial charge in [0.05, 0.1) is 0 Å². The summed E-state index contributed by atoms with van der Waals surface area (Å²) in [6.45, 7) is 1.35. The average Bonchev–Trinajstić information content (AvgIpc) is 2.06. The number of hydrogen-bond donors (Lipinski definition) is 2. The van der Waals surface area contributed by atoms with E-state index >= 15 is 0 Å². The SMILES string of the molecule is C[C@](N)(C(=O)O)c1ncccn1. The van der Waals surface area contributed by atoms with Crippen LogP contribution in [0.25, 0.3) is 0 Å². The first-order valence-corrected chi connectivity index (χ1v) is 3.35. The fraction of sp³-hybridized carbons (Fsp3) is 0.286. The highest BCUT2D eigenvalue weighted by Crippen LogP contribution is 2.11. The Bertz CT molecular complexity index is 284. The van der Waals surface area contributed by atoms with Gasteiger partial charge in [-0.1, -0.05) is 0 Å². The summed E-state index contributed by atoms with van der Waals surface area (Å²) >= 11 is 0. The molecule has 0 aliphatic heterocycles. The van der Waals surface area contributed by atoms with Crippen LogP contribution in [-0.2, 0) is 10.3 Å². The van der Waals surface area contributed by atoms with Crippen LogP contribution < -0.4 is 5.73 Å². The summed E-state index contributed by atoms with van der Waals surface area (Å²) < 4.78 is 0. The van der Waals surface area contributed by atoms with Crippen LogP contribution >= 0.6 is 0 Å². The molecule has 1 aromatic rings. The Balaban J connectivity index is 3.06. The zero-order valence-electron chi connectivity index (χ0n) is 6.56. The molecule has 0 spiro atoms. The molecule has 5 heteroatoms. The standard InChI is InChI=1S/C7H9N3O2/c1-7(8,6(11)12)5-9-3-2-4-10-5/h2-4H,8H2,1H3,(H,11,12)/t7-/m1/s1. The number of hydrogen-bond acceptors (Lipinski definition) is 4. The van der Waals surface area contributed by atoms with Gasteiger partial charge in [-0.05, 0) is 13.0 Å². The van der Waals surface area contributed by atoms with Crippen molar-refractivity contribution in [3.05, 3.63) is 24.3 Å². The van der Waals surface area contributed by atoms with Gasteiger partial charge in [0.2, 0.25) is 0 Å². The summed E-state index contributed by atoms with van der Waals surface area (Å²) in [7, 11) is 0. The smallest absolute Gasteiger partial charge is 0.331 e. The summed E-state index contributed by atoms with van der Waals surface area (Å²) in [5.41, 5.74) is 3.94. The van der Waals surface area contributed by atoms with Crippen molar-refractivity contribution in [1.82, 2.24) is 9.97 Å². The van der Waals surface area contributed by atoms with Crippen molar-refractivity contribution in [1.29, 1.82) is 0 Å². The zero-order valence-corrected chi connectivity index (χ0v) is 6.56. The van der Waals surface area contributed by atoms with E-state index in [0.717, 1.165) is 0 Å². The minimum absolute atomic E-state index is 0.109. The lowest BCUT2D eigenvalue weighted by Crippen LogP contribution is -2.43. The van der Waals surface area contributed by atoms with Crippen molar-refractivity contribution in [3.8, 4) is 0 Å². The molecule has 5 nitrogen and oxygen atoms in total. The predicted octanol–water partition coefficient (Wildman–Crippen LogP) is -0.265. The molecule has 0 aliphatic rings. The first-order valence-electron chi connectivity index (χ1n) is 3.35. The maximum absolute atomic E-state index is 10.6. The number of nitrogens with two attached hydrogens (primary N) is 1. The Kier molecular flexibility index (Phi) is 2.05. The van der Waals surface area contributed by atoms with E-state index < -0.39 is 11.5 Å². The first-order chi connectivity index (χ1) is 5.55. The van der Waals surface area contributed by atoms with E-state index in [-0.39, 0.29) is 5.82 Å². The van der Waals surface area contributed by atoms with Gasteiger partial charge in [-0.15, -0.1) is 0 Å². The van der Waals surface area contributed by atoms with Crippen LogP contribution in [0.15, 0.2) is 18.5 Å². The molecule has 1 aromatic heterocycles. The molecule has 0 radical (unpaired) electrons. The number of nitrogens with zero attached hydrogens (tertiary/aromatic N) is 2. The Hall–Kier alpha value is -1.49. The number of aromatic nitrogens is 2. The molecule has 0 bridgehead atoms. The van der Waals surface area contributed by atoms with Crippen molar-refractivity contribution in [2.45, 2.75) is 12.5 Å². The third-order valence-electron chi connectivity index (χ3n) is 1.47. The fourth-order valence-corrected chi connectivity index (χ4v) is 0.663. The second-order valence-electron chi connectivity index (χ2n) is 2.58. The van der Waals surface area contributed by atoms with E-state index in [1.165, 1.54) is 19.3 Å². The van der Waals surface area contributed by atoms with Gasteiger partial charge in [0.15, 0.2) is 11.4 Å². The average molecular weight is 167 g/mol. The van der Waals surface area contributed by atoms with Gasteiger partial charge in [-0.3, -0.25) is 0 Å². The summed E-state index contributed by atoms with van der Waals surface area (Å²) in [6, 6.07) is 1.60. The molecule has 1 atom stereocenters. The number of carboxylic acid groups (broad SMARTS) is 1.